The summed E-state index contributed by atoms with van der Waals surface area (Å²) in [4.78, 5) is 17.4. The average Bonchev–Trinajstić information content (AvgIpc) is 3.05. The smallest absolute Gasteiger partial charge is 0.228 e. The van der Waals surface area contributed by atoms with Gasteiger partial charge in [0.05, 0.1) is 36.9 Å². The predicted octanol–water partition coefficient (Wildman–Crippen LogP) is 1.82. The Bertz CT molecular complexity index is 742. The number of nitrogens with zero attached hydrogens (tertiary/aromatic N) is 3. The number of piperazine rings is 1. The molecule has 3 heterocycles. The van der Waals surface area contributed by atoms with Crippen LogP contribution in [-0.2, 0) is 16.0 Å². The van der Waals surface area contributed by atoms with E-state index in [1.54, 1.807) is 0 Å². The third kappa shape index (κ3) is 3.28. The number of hydrogen-bond acceptors (Lipinski definition) is 4. The Hall–Kier alpha value is -1.92. The lowest BCUT2D eigenvalue weighted by Gasteiger charge is -2.48. The Morgan fingerprint density at radius 3 is 3.08 bits per heavy atom. The zero-order valence-corrected chi connectivity index (χ0v) is 14.8. The lowest BCUT2D eigenvalue weighted by atomic mass is 10.0. The van der Waals surface area contributed by atoms with Crippen molar-refractivity contribution in [2.75, 3.05) is 32.8 Å². The molecule has 6 nitrogen and oxygen atoms in total. The van der Waals surface area contributed by atoms with Crippen molar-refractivity contribution in [1.82, 2.24) is 20.0 Å². The molecular formula is C19H26N4O2. The Balaban J connectivity index is 1.42. The quantitative estimate of drug-likeness (QED) is 0.921. The highest BCUT2D eigenvalue weighted by molar-refractivity contribution is 5.87. The van der Waals surface area contributed by atoms with E-state index in [1.807, 2.05) is 29.2 Å². The molecular weight excluding hydrogens is 316 g/mol. The number of ether oxygens (including phenoxy) is 1. The van der Waals surface area contributed by atoms with Gasteiger partial charge in [-0.05, 0) is 12.5 Å². The number of carbonyl (C=O) groups is 1. The fourth-order valence-corrected chi connectivity index (χ4v) is 4.16. The summed E-state index contributed by atoms with van der Waals surface area (Å²) in [7, 11) is 0. The molecule has 2 aromatic rings. The minimum absolute atomic E-state index is 0.173. The minimum Gasteiger partial charge on any atom is -0.378 e. The molecule has 1 aromatic heterocycles. The van der Waals surface area contributed by atoms with E-state index in [0.29, 0.717) is 18.5 Å². The summed E-state index contributed by atoms with van der Waals surface area (Å²) >= 11 is 0. The van der Waals surface area contributed by atoms with Gasteiger partial charge in [-0.15, -0.1) is 0 Å². The van der Waals surface area contributed by atoms with E-state index in [2.05, 4.69) is 22.0 Å². The molecule has 0 aliphatic carbocycles. The number of carbonyl (C=O) groups excluding carboxylic acids is 1. The van der Waals surface area contributed by atoms with Gasteiger partial charge >= 0.3 is 0 Å². The van der Waals surface area contributed by atoms with Gasteiger partial charge in [-0.25, -0.2) is 0 Å². The molecule has 0 spiro atoms. The molecule has 1 amide bonds. The molecule has 1 N–H and O–H groups in total. The van der Waals surface area contributed by atoms with Gasteiger partial charge in [0.1, 0.15) is 0 Å². The molecule has 25 heavy (non-hydrogen) atoms. The maximum absolute atomic E-state index is 12.8. The Kier molecular flexibility index (Phi) is 4.72. The van der Waals surface area contributed by atoms with Crippen LogP contribution >= 0.6 is 0 Å². The molecule has 1 aromatic carbocycles. The van der Waals surface area contributed by atoms with E-state index in [4.69, 9.17) is 4.74 Å². The van der Waals surface area contributed by atoms with E-state index in [1.165, 1.54) is 12.8 Å². The van der Waals surface area contributed by atoms with Crippen molar-refractivity contribution in [3.8, 4) is 0 Å². The van der Waals surface area contributed by atoms with Crippen LogP contribution in [-0.4, -0.2) is 70.8 Å². The summed E-state index contributed by atoms with van der Waals surface area (Å²) in [5.74, 6) is 0.173. The molecule has 2 aliphatic heterocycles. The first-order chi connectivity index (χ1) is 12.3. The molecule has 2 aliphatic rings. The van der Waals surface area contributed by atoms with Gasteiger partial charge in [0.25, 0.3) is 0 Å². The summed E-state index contributed by atoms with van der Waals surface area (Å²) in [6, 6.07) is 8.77. The Morgan fingerprint density at radius 1 is 1.32 bits per heavy atom. The first-order valence-corrected chi connectivity index (χ1v) is 9.29. The second kappa shape index (κ2) is 7.14. The van der Waals surface area contributed by atoms with Crippen LogP contribution in [0, 0.1) is 0 Å². The van der Waals surface area contributed by atoms with Crippen molar-refractivity contribution in [3.05, 3.63) is 30.0 Å². The van der Waals surface area contributed by atoms with Crippen molar-refractivity contribution in [3.63, 3.8) is 0 Å². The van der Waals surface area contributed by atoms with Gasteiger partial charge in [-0.2, -0.15) is 5.10 Å². The second-order valence-electron chi connectivity index (χ2n) is 7.11. The topological polar surface area (TPSA) is 61.5 Å². The molecule has 0 saturated carbocycles. The number of rotatable bonds is 4. The van der Waals surface area contributed by atoms with Crippen molar-refractivity contribution < 1.29 is 9.53 Å². The molecule has 2 fully saturated rings. The maximum atomic E-state index is 12.8. The number of aromatic amines is 1. The summed E-state index contributed by atoms with van der Waals surface area (Å²) in [6.45, 7) is 6.31. The number of H-pyrrole nitrogens is 1. The van der Waals surface area contributed by atoms with Gasteiger partial charge in [0.15, 0.2) is 0 Å². The van der Waals surface area contributed by atoms with Gasteiger partial charge in [-0.1, -0.05) is 31.5 Å². The number of nitrogens with one attached hydrogen (secondary N) is 1. The highest BCUT2D eigenvalue weighted by Crippen LogP contribution is 2.22. The molecule has 0 unspecified atom stereocenters. The van der Waals surface area contributed by atoms with Crippen LogP contribution in [0.1, 0.15) is 25.5 Å². The number of fused-ring (bicyclic) bond motifs is 2. The van der Waals surface area contributed by atoms with Crippen LogP contribution in [0.15, 0.2) is 24.3 Å². The van der Waals surface area contributed by atoms with Crippen LogP contribution in [0.2, 0.25) is 0 Å². The van der Waals surface area contributed by atoms with Gasteiger partial charge in [0, 0.05) is 31.1 Å². The zero-order valence-electron chi connectivity index (χ0n) is 14.8. The van der Waals surface area contributed by atoms with E-state index in [9.17, 15) is 4.79 Å². The molecule has 4 rings (SSSR count). The normalized spacial score (nSPS) is 24.4. The predicted molar refractivity (Wildman–Crippen MR) is 96.4 cm³/mol. The minimum atomic E-state index is 0.173. The van der Waals surface area contributed by atoms with Crippen LogP contribution in [0.4, 0.5) is 0 Å². The summed E-state index contributed by atoms with van der Waals surface area (Å²) in [5, 5.41) is 8.36. The molecule has 0 bridgehead atoms. The SMILES string of the molecule is CCC[C@H]1COC[C@H]2CN(C(=O)Cc3[nH]nc4ccccc34)CCN12. The largest absolute Gasteiger partial charge is 0.378 e. The van der Waals surface area contributed by atoms with Gasteiger partial charge < -0.3 is 9.64 Å². The van der Waals surface area contributed by atoms with Gasteiger partial charge in [0.2, 0.25) is 5.91 Å². The third-order valence-corrected chi connectivity index (χ3v) is 5.46. The number of benzene rings is 1. The summed E-state index contributed by atoms with van der Waals surface area (Å²) in [6.07, 6.45) is 2.73. The lowest BCUT2D eigenvalue weighted by Crippen LogP contribution is -2.62. The zero-order chi connectivity index (χ0) is 17.2. The number of aromatic nitrogens is 2. The number of hydrogen-bond donors (Lipinski definition) is 1. The average molecular weight is 342 g/mol. The summed E-state index contributed by atoms with van der Waals surface area (Å²) < 4.78 is 5.80. The monoisotopic (exact) mass is 342 g/mol. The first-order valence-electron chi connectivity index (χ1n) is 9.29. The molecule has 0 radical (unpaired) electrons. The Morgan fingerprint density at radius 2 is 2.20 bits per heavy atom. The van der Waals surface area contributed by atoms with E-state index in [0.717, 1.165) is 49.4 Å². The first kappa shape index (κ1) is 16.5. The number of morpholine rings is 1. The highest BCUT2D eigenvalue weighted by Gasteiger charge is 2.36. The van der Waals surface area contributed by atoms with Gasteiger partial charge in [-0.3, -0.25) is 14.8 Å². The van der Waals surface area contributed by atoms with Crippen LogP contribution in [0.5, 0.6) is 0 Å². The molecule has 134 valence electrons. The molecule has 2 saturated heterocycles. The lowest BCUT2D eigenvalue weighted by molar-refractivity contribution is -0.139. The third-order valence-electron chi connectivity index (χ3n) is 5.46. The van der Waals surface area contributed by atoms with Crippen molar-refractivity contribution in [2.24, 2.45) is 0 Å². The summed E-state index contributed by atoms with van der Waals surface area (Å²) in [5.41, 5.74) is 1.82. The van der Waals surface area contributed by atoms with Crippen LogP contribution < -0.4 is 0 Å². The standard InChI is InChI=1S/C19H26N4O2/c1-2-5-14-12-25-13-15-11-22(8-9-23(14)15)19(24)10-18-16-6-3-4-7-17(16)20-21-18/h3-4,6-7,14-15H,2,5,8-13H2,1H3,(H,20,21)/t14-,15+/m0/s1. The van der Waals surface area contributed by atoms with Crippen molar-refractivity contribution in [1.29, 1.82) is 0 Å². The molecule has 6 heteroatoms. The number of amides is 1. The molecule has 2 atom stereocenters. The van der Waals surface area contributed by atoms with Crippen molar-refractivity contribution >= 4 is 16.8 Å². The highest BCUT2D eigenvalue weighted by atomic mass is 16.5. The van der Waals surface area contributed by atoms with Crippen LogP contribution in [0.25, 0.3) is 10.9 Å². The fraction of sp³-hybridized carbons (Fsp3) is 0.579. The second-order valence-corrected chi connectivity index (χ2v) is 7.11. The van der Waals surface area contributed by atoms with E-state index in [-0.39, 0.29) is 5.91 Å². The maximum Gasteiger partial charge on any atom is 0.228 e. The number of para-hydroxylation sites is 1. The van der Waals surface area contributed by atoms with Crippen molar-refractivity contribution in [2.45, 2.75) is 38.3 Å². The fourth-order valence-electron chi connectivity index (χ4n) is 4.16. The van der Waals surface area contributed by atoms with E-state index < -0.39 is 0 Å². The van der Waals surface area contributed by atoms with Crippen LogP contribution in [0.3, 0.4) is 0 Å². The van der Waals surface area contributed by atoms with E-state index >= 15 is 0 Å². The Labute approximate surface area is 148 Å².